The standard InChI is InChI=1S/C28H28N2O3/c1-2-33-25-14-8-7-13-23(25)28(32)30-17-26(31)29-16-18-15-24-19-9-3-5-11-21(19)27(18)22-12-6-4-10-20(22)24/h3-14,18,24,27H,2,15-17H2,1H3,(H,29,31)(H,30,32). The van der Waals surface area contributed by atoms with Crippen molar-refractivity contribution >= 4 is 11.8 Å². The van der Waals surface area contributed by atoms with Crippen LogP contribution in [0.1, 0.15) is 57.8 Å². The Balaban J connectivity index is 1.23. The predicted molar refractivity (Wildman–Crippen MR) is 128 cm³/mol. The molecular weight excluding hydrogens is 412 g/mol. The van der Waals surface area contributed by atoms with Crippen molar-refractivity contribution in [1.82, 2.24) is 10.6 Å². The van der Waals surface area contributed by atoms with Gasteiger partial charge in [0.2, 0.25) is 5.91 Å². The molecule has 1 unspecified atom stereocenters. The van der Waals surface area contributed by atoms with Crippen molar-refractivity contribution in [2.45, 2.75) is 25.2 Å². The largest absolute Gasteiger partial charge is 0.493 e. The van der Waals surface area contributed by atoms with Gasteiger partial charge in [0, 0.05) is 18.4 Å². The highest BCUT2D eigenvalue weighted by Gasteiger charge is 2.42. The lowest BCUT2D eigenvalue weighted by molar-refractivity contribution is -0.120. The molecule has 0 radical (unpaired) electrons. The second-order valence-corrected chi connectivity index (χ2v) is 8.70. The van der Waals surface area contributed by atoms with Crippen molar-refractivity contribution in [1.29, 1.82) is 0 Å². The van der Waals surface area contributed by atoms with E-state index in [4.69, 9.17) is 4.74 Å². The van der Waals surface area contributed by atoms with Crippen molar-refractivity contribution in [3.63, 3.8) is 0 Å². The fourth-order valence-corrected chi connectivity index (χ4v) is 5.46. The molecule has 0 fully saturated rings. The second-order valence-electron chi connectivity index (χ2n) is 8.70. The Bertz CT molecular complexity index is 1140. The molecular formula is C28H28N2O3. The molecule has 3 aliphatic carbocycles. The molecule has 168 valence electrons. The summed E-state index contributed by atoms with van der Waals surface area (Å²) < 4.78 is 5.52. The number of rotatable bonds is 7. The van der Waals surface area contributed by atoms with Crippen LogP contribution in [-0.2, 0) is 4.79 Å². The van der Waals surface area contributed by atoms with Gasteiger partial charge in [0.1, 0.15) is 5.75 Å². The molecule has 5 heteroatoms. The van der Waals surface area contributed by atoms with E-state index in [9.17, 15) is 9.59 Å². The van der Waals surface area contributed by atoms with E-state index in [1.807, 2.05) is 13.0 Å². The topological polar surface area (TPSA) is 67.4 Å². The van der Waals surface area contributed by atoms with Crippen LogP contribution in [0.5, 0.6) is 5.75 Å². The quantitative estimate of drug-likeness (QED) is 0.578. The van der Waals surface area contributed by atoms with Crippen LogP contribution in [0.4, 0.5) is 0 Å². The number of benzene rings is 3. The number of hydrogen-bond acceptors (Lipinski definition) is 3. The van der Waals surface area contributed by atoms with Crippen molar-refractivity contribution in [2.24, 2.45) is 5.92 Å². The van der Waals surface area contributed by atoms with Crippen LogP contribution in [-0.4, -0.2) is 31.5 Å². The molecule has 3 aliphatic rings. The lowest BCUT2D eigenvalue weighted by Crippen LogP contribution is -2.42. The van der Waals surface area contributed by atoms with E-state index in [0.717, 1.165) is 6.42 Å². The first kappa shape index (κ1) is 21.3. The van der Waals surface area contributed by atoms with Gasteiger partial charge in [0.25, 0.3) is 5.91 Å². The monoisotopic (exact) mass is 440 g/mol. The summed E-state index contributed by atoms with van der Waals surface area (Å²) >= 11 is 0. The fraction of sp³-hybridized carbons (Fsp3) is 0.286. The lowest BCUT2D eigenvalue weighted by atomic mass is 9.59. The number of hydrogen-bond donors (Lipinski definition) is 2. The molecule has 0 saturated heterocycles. The molecule has 5 nitrogen and oxygen atoms in total. The molecule has 1 atom stereocenters. The Kier molecular flexibility index (Phi) is 5.86. The molecule has 2 amide bonds. The van der Waals surface area contributed by atoms with E-state index in [-0.39, 0.29) is 24.3 Å². The highest BCUT2D eigenvalue weighted by atomic mass is 16.5. The summed E-state index contributed by atoms with van der Waals surface area (Å²) in [7, 11) is 0. The molecule has 0 heterocycles. The van der Waals surface area contributed by atoms with Gasteiger partial charge in [-0.25, -0.2) is 0 Å². The second kappa shape index (κ2) is 9.10. The summed E-state index contributed by atoms with van der Waals surface area (Å²) in [6.07, 6.45) is 1.02. The molecule has 3 aromatic rings. The van der Waals surface area contributed by atoms with Gasteiger partial charge in [-0.2, -0.15) is 0 Å². The van der Waals surface area contributed by atoms with E-state index in [1.165, 1.54) is 22.3 Å². The highest BCUT2D eigenvalue weighted by Crippen LogP contribution is 2.55. The van der Waals surface area contributed by atoms with Gasteiger partial charge >= 0.3 is 0 Å². The SMILES string of the molecule is CCOc1ccccc1C(=O)NCC(=O)NCC1CC2c3ccccc3C1c1ccccc12. The molecule has 0 spiro atoms. The lowest BCUT2D eigenvalue weighted by Gasteiger charge is -2.45. The number of nitrogens with one attached hydrogen (secondary N) is 2. The Morgan fingerprint density at radius 1 is 0.848 bits per heavy atom. The van der Waals surface area contributed by atoms with Crippen LogP contribution in [0.2, 0.25) is 0 Å². The van der Waals surface area contributed by atoms with Crippen LogP contribution >= 0.6 is 0 Å². The molecule has 6 rings (SSSR count). The third-order valence-electron chi connectivity index (χ3n) is 6.83. The van der Waals surface area contributed by atoms with Gasteiger partial charge in [-0.05, 0) is 53.6 Å². The fourth-order valence-electron chi connectivity index (χ4n) is 5.46. The first-order valence-corrected chi connectivity index (χ1v) is 11.6. The number of ether oxygens (including phenoxy) is 1. The zero-order chi connectivity index (χ0) is 22.8. The predicted octanol–water partition coefficient (Wildman–Crippen LogP) is 4.23. The van der Waals surface area contributed by atoms with Gasteiger partial charge in [-0.1, -0.05) is 60.7 Å². The zero-order valence-electron chi connectivity index (χ0n) is 18.7. The van der Waals surface area contributed by atoms with Gasteiger partial charge in [-0.3, -0.25) is 9.59 Å². The summed E-state index contributed by atoms with van der Waals surface area (Å²) in [4.78, 5) is 25.1. The Hall–Kier alpha value is -3.60. The van der Waals surface area contributed by atoms with E-state index >= 15 is 0 Å². The maximum absolute atomic E-state index is 12.6. The molecule has 3 aromatic carbocycles. The number of amides is 2. The van der Waals surface area contributed by atoms with E-state index in [0.29, 0.717) is 36.3 Å². The number of carbonyl (C=O) groups is 2. The first-order valence-electron chi connectivity index (χ1n) is 11.6. The molecule has 0 aromatic heterocycles. The maximum Gasteiger partial charge on any atom is 0.255 e. The van der Waals surface area contributed by atoms with Crippen molar-refractivity contribution in [3.8, 4) is 5.75 Å². The summed E-state index contributed by atoms with van der Waals surface area (Å²) in [6.45, 7) is 2.87. The molecule has 2 bridgehead atoms. The minimum absolute atomic E-state index is 0.0622. The Morgan fingerprint density at radius 2 is 1.45 bits per heavy atom. The third-order valence-corrected chi connectivity index (χ3v) is 6.83. The van der Waals surface area contributed by atoms with Crippen LogP contribution in [0, 0.1) is 5.92 Å². The van der Waals surface area contributed by atoms with Gasteiger partial charge in [0.05, 0.1) is 18.7 Å². The number of carbonyl (C=O) groups excluding carboxylic acids is 2. The first-order chi connectivity index (χ1) is 16.2. The summed E-state index contributed by atoms with van der Waals surface area (Å²) in [5.41, 5.74) is 6.04. The summed E-state index contributed by atoms with van der Waals surface area (Å²) in [6, 6.07) is 24.4. The van der Waals surface area contributed by atoms with Crippen molar-refractivity contribution in [2.75, 3.05) is 19.7 Å². The molecule has 0 aliphatic heterocycles. The van der Waals surface area contributed by atoms with E-state index < -0.39 is 0 Å². The molecule has 33 heavy (non-hydrogen) atoms. The average Bonchev–Trinajstić information content (AvgIpc) is 2.86. The maximum atomic E-state index is 12.6. The summed E-state index contributed by atoms with van der Waals surface area (Å²) in [5, 5.41) is 5.78. The Labute approximate surface area is 194 Å². The minimum atomic E-state index is -0.311. The van der Waals surface area contributed by atoms with Gasteiger partial charge < -0.3 is 15.4 Å². The van der Waals surface area contributed by atoms with Crippen LogP contribution < -0.4 is 15.4 Å². The average molecular weight is 441 g/mol. The zero-order valence-corrected chi connectivity index (χ0v) is 18.7. The van der Waals surface area contributed by atoms with E-state index in [2.05, 4.69) is 59.2 Å². The smallest absolute Gasteiger partial charge is 0.255 e. The van der Waals surface area contributed by atoms with Gasteiger partial charge in [0.15, 0.2) is 0 Å². The van der Waals surface area contributed by atoms with Gasteiger partial charge in [-0.15, -0.1) is 0 Å². The number of para-hydroxylation sites is 1. The normalized spacial score (nSPS) is 19.8. The molecule has 0 saturated carbocycles. The third kappa shape index (κ3) is 3.99. The van der Waals surface area contributed by atoms with E-state index in [1.54, 1.807) is 18.2 Å². The number of fused-ring (bicyclic) bond motifs is 1. The highest BCUT2D eigenvalue weighted by molar-refractivity contribution is 5.98. The van der Waals surface area contributed by atoms with Crippen molar-refractivity contribution in [3.05, 3.63) is 101 Å². The Morgan fingerprint density at radius 3 is 2.12 bits per heavy atom. The molecule has 2 N–H and O–H groups in total. The van der Waals surface area contributed by atoms with Crippen LogP contribution in [0.3, 0.4) is 0 Å². The van der Waals surface area contributed by atoms with Crippen molar-refractivity contribution < 1.29 is 14.3 Å². The van der Waals surface area contributed by atoms with Crippen LogP contribution in [0.25, 0.3) is 0 Å². The minimum Gasteiger partial charge on any atom is -0.493 e. The summed E-state index contributed by atoms with van der Waals surface area (Å²) in [5.74, 6) is 1.02. The van der Waals surface area contributed by atoms with Crippen LogP contribution in [0.15, 0.2) is 72.8 Å².